The molecule has 0 fully saturated rings. The number of nitrogens with one attached hydrogen (secondary N) is 5. The first-order valence-corrected chi connectivity index (χ1v) is 16.7. The van der Waals surface area contributed by atoms with Crippen molar-refractivity contribution < 1.29 is 48.9 Å². The third kappa shape index (κ3) is 15.7. The lowest BCUT2D eigenvalue weighted by Crippen LogP contribution is -2.59. The third-order valence-electron chi connectivity index (χ3n) is 7.72. The van der Waals surface area contributed by atoms with Crippen molar-refractivity contribution in [1.29, 1.82) is 0 Å². The van der Waals surface area contributed by atoms with Crippen molar-refractivity contribution in [3.8, 4) is 5.75 Å². The molecule has 0 aromatic heterocycles. The number of carbonyl (C=O) groups is 7. The minimum atomic E-state index is -1.31. The quantitative estimate of drug-likeness (QED) is 0.0845. The molecule has 0 aliphatic carbocycles. The number of phenols is 1. The van der Waals surface area contributed by atoms with Crippen molar-refractivity contribution in [1.82, 2.24) is 26.6 Å². The van der Waals surface area contributed by atoms with Crippen LogP contribution in [0.1, 0.15) is 79.7 Å². The standard InChI is InChI=1S/C34H54N6O10/c1-17(2)14-24(38-29(44)20(7)36-30(45)23(12-13-27(42)43)37-33(48)28(35)19(5)6)31(46)39-25(16-21-8-10-22(41)11-9-21)32(47)40-26(34(49)50)15-18(3)4/h8-11,17-20,23-26,28,41H,12-16,35H2,1-7H3,(H,36,45)(H,37,48)(H,38,44)(H,39,46)(H,40,47)(H,42,43)(H,49,50)/t20-,23-,24-,25-,26-,28-/m0/s1. The van der Waals surface area contributed by atoms with E-state index in [4.69, 9.17) is 10.8 Å². The minimum absolute atomic E-state index is 0.0164. The van der Waals surface area contributed by atoms with Crippen LogP contribution in [0.3, 0.4) is 0 Å². The molecule has 50 heavy (non-hydrogen) atoms. The Morgan fingerprint density at radius 1 is 0.620 bits per heavy atom. The fraction of sp³-hybridized carbons (Fsp3) is 0.618. The van der Waals surface area contributed by atoms with Gasteiger partial charge < -0.3 is 47.6 Å². The first kappa shape index (κ1) is 43.3. The van der Waals surface area contributed by atoms with Crippen LogP contribution < -0.4 is 32.3 Å². The molecule has 0 spiro atoms. The van der Waals surface area contributed by atoms with E-state index in [0.717, 1.165) is 0 Å². The number of carboxylic acid groups (broad SMARTS) is 2. The molecule has 1 rings (SSSR count). The zero-order chi connectivity index (χ0) is 38.3. The number of aliphatic carboxylic acids is 2. The summed E-state index contributed by atoms with van der Waals surface area (Å²) in [5.41, 5.74) is 6.43. The number of hydrogen-bond donors (Lipinski definition) is 9. The molecule has 0 saturated heterocycles. The van der Waals surface area contributed by atoms with Crippen molar-refractivity contribution in [3.05, 3.63) is 29.8 Å². The first-order valence-electron chi connectivity index (χ1n) is 16.7. The number of carbonyl (C=O) groups excluding carboxylic acids is 5. The molecule has 6 atom stereocenters. The lowest BCUT2D eigenvalue weighted by molar-refractivity contribution is -0.143. The highest BCUT2D eigenvalue weighted by Gasteiger charge is 2.32. The minimum Gasteiger partial charge on any atom is -0.508 e. The Hall–Kier alpha value is -4.73. The van der Waals surface area contributed by atoms with Gasteiger partial charge in [0.25, 0.3) is 0 Å². The van der Waals surface area contributed by atoms with Gasteiger partial charge in [0.05, 0.1) is 6.04 Å². The normalized spacial score (nSPS) is 14.9. The summed E-state index contributed by atoms with van der Waals surface area (Å²) in [4.78, 5) is 89.0. The van der Waals surface area contributed by atoms with Crippen molar-refractivity contribution >= 4 is 41.5 Å². The second kappa shape index (κ2) is 20.7. The molecule has 1 aromatic carbocycles. The van der Waals surface area contributed by atoms with E-state index in [1.807, 2.05) is 0 Å². The highest BCUT2D eigenvalue weighted by Crippen LogP contribution is 2.14. The average molecular weight is 707 g/mol. The smallest absolute Gasteiger partial charge is 0.326 e. The second-order valence-corrected chi connectivity index (χ2v) is 13.6. The van der Waals surface area contributed by atoms with Crippen LogP contribution in [-0.4, -0.2) is 93.0 Å². The molecule has 5 amide bonds. The summed E-state index contributed by atoms with van der Waals surface area (Å²) in [5.74, 6) is -6.68. The van der Waals surface area contributed by atoms with Crippen LogP contribution in [-0.2, 0) is 40.0 Å². The molecule has 10 N–H and O–H groups in total. The SMILES string of the molecule is CC(C)C[C@H](NC(=O)[C@H](Cc1ccc(O)cc1)NC(=O)[C@H](CC(C)C)NC(=O)[C@H](C)NC(=O)[C@H](CCC(=O)O)NC(=O)[C@@H](N)C(C)C)C(=O)O. The van der Waals surface area contributed by atoms with E-state index in [1.165, 1.54) is 19.1 Å². The van der Waals surface area contributed by atoms with E-state index in [9.17, 15) is 43.8 Å². The van der Waals surface area contributed by atoms with E-state index in [-0.39, 0.29) is 49.2 Å². The molecule has 0 bridgehead atoms. The number of carboxylic acids is 2. The van der Waals surface area contributed by atoms with Gasteiger partial charge in [-0.15, -0.1) is 0 Å². The van der Waals surface area contributed by atoms with E-state index in [2.05, 4.69) is 26.6 Å². The molecule has 0 unspecified atom stereocenters. The molecule has 0 aliphatic rings. The molecule has 0 heterocycles. The van der Waals surface area contributed by atoms with Crippen LogP contribution in [0.25, 0.3) is 0 Å². The Kier molecular flexibility index (Phi) is 17.9. The van der Waals surface area contributed by atoms with Crippen LogP contribution in [0.4, 0.5) is 0 Å². The molecule has 280 valence electrons. The van der Waals surface area contributed by atoms with Gasteiger partial charge in [0.1, 0.15) is 36.0 Å². The molecular formula is C34H54N6O10. The molecule has 1 aromatic rings. The number of amides is 5. The van der Waals surface area contributed by atoms with Crippen LogP contribution in [0, 0.1) is 17.8 Å². The fourth-order valence-corrected chi connectivity index (χ4v) is 4.80. The number of nitrogens with two attached hydrogens (primary N) is 1. The lowest BCUT2D eigenvalue weighted by atomic mass is 9.99. The third-order valence-corrected chi connectivity index (χ3v) is 7.72. The first-order chi connectivity index (χ1) is 23.2. The Bertz CT molecular complexity index is 1330. The Morgan fingerprint density at radius 3 is 1.58 bits per heavy atom. The van der Waals surface area contributed by atoms with Crippen LogP contribution >= 0.6 is 0 Å². The number of phenolic OH excluding ortho intramolecular Hbond substituents is 1. The number of rotatable bonds is 21. The maximum absolute atomic E-state index is 13.6. The predicted octanol–water partition coefficient (Wildman–Crippen LogP) is 0.404. The Labute approximate surface area is 292 Å². The molecule has 0 radical (unpaired) electrons. The van der Waals surface area contributed by atoms with Crippen molar-refractivity contribution in [3.63, 3.8) is 0 Å². The van der Waals surface area contributed by atoms with Gasteiger partial charge in [-0.3, -0.25) is 28.8 Å². The van der Waals surface area contributed by atoms with Gasteiger partial charge in [-0.25, -0.2) is 4.79 Å². The fourth-order valence-electron chi connectivity index (χ4n) is 4.80. The highest BCUT2D eigenvalue weighted by atomic mass is 16.4. The molecular weight excluding hydrogens is 652 g/mol. The van der Waals surface area contributed by atoms with Crippen LogP contribution in [0.5, 0.6) is 5.75 Å². The highest BCUT2D eigenvalue weighted by molar-refractivity contribution is 5.96. The van der Waals surface area contributed by atoms with Gasteiger partial charge in [0.15, 0.2) is 0 Å². The van der Waals surface area contributed by atoms with Crippen molar-refractivity contribution in [2.45, 2.75) is 117 Å². The number of hydrogen-bond acceptors (Lipinski definition) is 9. The maximum atomic E-state index is 13.6. The van der Waals surface area contributed by atoms with E-state index in [0.29, 0.717) is 5.56 Å². The summed E-state index contributed by atoms with van der Waals surface area (Å²) < 4.78 is 0. The van der Waals surface area contributed by atoms with Crippen LogP contribution in [0.15, 0.2) is 24.3 Å². The zero-order valence-electron chi connectivity index (χ0n) is 29.8. The monoisotopic (exact) mass is 706 g/mol. The van der Waals surface area contributed by atoms with Gasteiger partial charge in [-0.1, -0.05) is 53.7 Å². The summed E-state index contributed by atoms with van der Waals surface area (Å²) >= 11 is 0. The van der Waals surface area contributed by atoms with E-state index >= 15 is 0 Å². The zero-order valence-corrected chi connectivity index (χ0v) is 29.8. The molecule has 16 nitrogen and oxygen atoms in total. The molecule has 0 saturated carbocycles. The lowest BCUT2D eigenvalue weighted by Gasteiger charge is -2.27. The van der Waals surface area contributed by atoms with E-state index < -0.39 is 84.1 Å². The summed E-state index contributed by atoms with van der Waals surface area (Å²) in [6, 6.07) is -1.28. The largest absolute Gasteiger partial charge is 0.508 e. The summed E-state index contributed by atoms with van der Waals surface area (Å²) in [5, 5.41) is 41.1. The van der Waals surface area contributed by atoms with Crippen molar-refractivity contribution in [2.75, 3.05) is 0 Å². The summed E-state index contributed by atoms with van der Waals surface area (Å²) in [6.07, 6.45) is -0.515. The van der Waals surface area contributed by atoms with Crippen LogP contribution in [0.2, 0.25) is 0 Å². The second-order valence-electron chi connectivity index (χ2n) is 13.6. The van der Waals surface area contributed by atoms with E-state index in [1.54, 1.807) is 53.7 Å². The van der Waals surface area contributed by atoms with Gasteiger partial charge in [-0.05, 0) is 61.6 Å². The molecule has 0 aliphatic heterocycles. The Morgan fingerprint density at radius 2 is 1.08 bits per heavy atom. The van der Waals surface area contributed by atoms with Crippen molar-refractivity contribution in [2.24, 2.45) is 23.5 Å². The average Bonchev–Trinajstić information content (AvgIpc) is 3.01. The number of benzene rings is 1. The predicted molar refractivity (Wildman–Crippen MR) is 183 cm³/mol. The van der Waals surface area contributed by atoms with Gasteiger partial charge in [-0.2, -0.15) is 0 Å². The van der Waals surface area contributed by atoms with Gasteiger partial charge in [0, 0.05) is 12.8 Å². The van der Waals surface area contributed by atoms with Gasteiger partial charge >= 0.3 is 11.9 Å². The Balaban J connectivity index is 3.20. The maximum Gasteiger partial charge on any atom is 0.326 e. The summed E-state index contributed by atoms with van der Waals surface area (Å²) in [7, 11) is 0. The topological polar surface area (TPSA) is 266 Å². The summed E-state index contributed by atoms with van der Waals surface area (Å²) in [6.45, 7) is 12.0. The molecule has 16 heteroatoms. The van der Waals surface area contributed by atoms with Gasteiger partial charge in [0.2, 0.25) is 29.5 Å². The number of aromatic hydroxyl groups is 1.